The van der Waals surface area contributed by atoms with Crippen molar-refractivity contribution in [1.82, 2.24) is 0 Å². The molecule has 0 saturated heterocycles. The molecule has 1 atom stereocenters. The number of nitrogens with two attached hydrogens (primary N) is 1. The minimum atomic E-state index is 0.152. The van der Waals surface area contributed by atoms with Crippen LogP contribution in [-0.4, -0.2) is 33.4 Å². The molecule has 0 bridgehead atoms. The molecular weight excluding hydrogens is 248 g/mol. The van der Waals surface area contributed by atoms with E-state index in [9.17, 15) is 0 Å². The summed E-state index contributed by atoms with van der Waals surface area (Å²) >= 11 is 6.30. The molecule has 0 aliphatic carbocycles. The fourth-order valence-corrected chi connectivity index (χ4v) is 2.11. The van der Waals surface area contributed by atoms with Gasteiger partial charge in [-0.15, -0.1) is 0 Å². The zero-order valence-corrected chi connectivity index (χ0v) is 12.2. The number of hydrogen-bond acceptors (Lipinski definition) is 3. The van der Waals surface area contributed by atoms with E-state index in [1.54, 1.807) is 7.11 Å². The maximum atomic E-state index is 6.30. The van der Waals surface area contributed by atoms with Crippen molar-refractivity contribution in [2.45, 2.75) is 25.8 Å². The molecule has 3 nitrogen and oxygen atoms in total. The fourth-order valence-electron chi connectivity index (χ4n) is 1.86. The number of likely N-dealkylation sites (N-methyl/N-ethyl adjacent to an activating group) is 1. The lowest BCUT2D eigenvalue weighted by Gasteiger charge is -2.24. The SMILES string of the molecule is CCC(N)Cc1c(Cl)cccc1N(C)CCOC. The summed E-state index contributed by atoms with van der Waals surface area (Å²) in [7, 11) is 3.76. The van der Waals surface area contributed by atoms with E-state index >= 15 is 0 Å². The lowest BCUT2D eigenvalue weighted by molar-refractivity contribution is 0.206. The van der Waals surface area contributed by atoms with E-state index < -0.39 is 0 Å². The van der Waals surface area contributed by atoms with Crippen molar-refractivity contribution in [3.8, 4) is 0 Å². The van der Waals surface area contributed by atoms with Crippen LogP contribution in [0.5, 0.6) is 0 Å². The van der Waals surface area contributed by atoms with Gasteiger partial charge >= 0.3 is 0 Å². The highest BCUT2D eigenvalue weighted by molar-refractivity contribution is 6.31. The third-order valence-corrected chi connectivity index (χ3v) is 3.48. The van der Waals surface area contributed by atoms with Crippen molar-refractivity contribution in [2.24, 2.45) is 5.73 Å². The molecule has 0 saturated carbocycles. The highest BCUT2D eigenvalue weighted by atomic mass is 35.5. The predicted octanol–water partition coefficient (Wildman–Crippen LogP) is 2.70. The quantitative estimate of drug-likeness (QED) is 0.828. The molecule has 1 rings (SSSR count). The van der Waals surface area contributed by atoms with Crippen molar-refractivity contribution in [3.05, 3.63) is 28.8 Å². The summed E-state index contributed by atoms with van der Waals surface area (Å²) in [4.78, 5) is 2.16. The van der Waals surface area contributed by atoms with Crippen molar-refractivity contribution < 1.29 is 4.74 Å². The van der Waals surface area contributed by atoms with Gasteiger partial charge < -0.3 is 15.4 Å². The van der Waals surface area contributed by atoms with Crippen LogP contribution in [0.4, 0.5) is 5.69 Å². The molecule has 102 valence electrons. The van der Waals surface area contributed by atoms with Crippen LogP contribution in [0.3, 0.4) is 0 Å². The molecule has 1 aromatic rings. The molecule has 4 heteroatoms. The molecule has 0 aromatic heterocycles. The Balaban J connectivity index is 2.92. The van der Waals surface area contributed by atoms with Gasteiger partial charge in [-0.25, -0.2) is 0 Å². The van der Waals surface area contributed by atoms with Crippen LogP contribution in [0.25, 0.3) is 0 Å². The fraction of sp³-hybridized carbons (Fsp3) is 0.571. The maximum Gasteiger partial charge on any atom is 0.0637 e. The minimum absolute atomic E-state index is 0.152. The second kappa shape index (κ2) is 7.62. The summed E-state index contributed by atoms with van der Waals surface area (Å²) < 4.78 is 5.11. The van der Waals surface area contributed by atoms with Gasteiger partial charge in [-0.05, 0) is 30.5 Å². The van der Waals surface area contributed by atoms with Crippen LogP contribution in [0.15, 0.2) is 18.2 Å². The summed E-state index contributed by atoms with van der Waals surface area (Å²) in [6.07, 6.45) is 1.76. The molecule has 0 fully saturated rings. The van der Waals surface area contributed by atoms with Gasteiger partial charge in [0.25, 0.3) is 0 Å². The molecule has 1 unspecified atom stereocenters. The molecule has 0 aliphatic rings. The van der Waals surface area contributed by atoms with E-state index in [1.165, 1.54) is 0 Å². The Kier molecular flexibility index (Phi) is 6.47. The third kappa shape index (κ3) is 4.16. The summed E-state index contributed by atoms with van der Waals surface area (Å²) in [5.41, 5.74) is 8.31. The molecule has 0 amide bonds. The molecule has 0 aliphatic heterocycles. The highest BCUT2D eigenvalue weighted by Crippen LogP contribution is 2.28. The summed E-state index contributed by atoms with van der Waals surface area (Å²) in [6.45, 7) is 3.63. The van der Waals surface area contributed by atoms with Crippen LogP contribution in [0, 0.1) is 0 Å². The van der Waals surface area contributed by atoms with E-state index in [0.29, 0.717) is 6.61 Å². The second-order valence-electron chi connectivity index (χ2n) is 4.52. The smallest absolute Gasteiger partial charge is 0.0637 e. The lowest BCUT2D eigenvalue weighted by atomic mass is 10.0. The van der Waals surface area contributed by atoms with E-state index in [1.807, 2.05) is 19.2 Å². The van der Waals surface area contributed by atoms with Gasteiger partial charge in [0.2, 0.25) is 0 Å². The Bertz CT molecular complexity index is 371. The van der Waals surface area contributed by atoms with E-state index in [0.717, 1.165) is 35.7 Å². The first kappa shape index (κ1) is 15.3. The van der Waals surface area contributed by atoms with Gasteiger partial charge in [0.1, 0.15) is 0 Å². The van der Waals surface area contributed by atoms with Gasteiger partial charge in [-0.1, -0.05) is 24.6 Å². The Labute approximate surface area is 115 Å². The number of benzene rings is 1. The molecule has 18 heavy (non-hydrogen) atoms. The predicted molar refractivity (Wildman–Crippen MR) is 78.6 cm³/mol. The monoisotopic (exact) mass is 270 g/mol. The number of ether oxygens (including phenoxy) is 1. The molecule has 0 heterocycles. The van der Waals surface area contributed by atoms with Gasteiger partial charge in [0.15, 0.2) is 0 Å². The van der Waals surface area contributed by atoms with Crippen LogP contribution in [-0.2, 0) is 11.2 Å². The zero-order valence-electron chi connectivity index (χ0n) is 11.4. The molecule has 2 N–H and O–H groups in total. The van der Waals surface area contributed by atoms with Gasteiger partial charge in [-0.3, -0.25) is 0 Å². The number of methoxy groups -OCH3 is 1. The maximum absolute atomic E-state index is 6.30. The number of anilines is 1. The first-order valence-corrected chi connectivity index (χ1v) is 6.71. The first-order chi connectivity index (χ1) is 8.60. The van der Waals surface area contributed by atoms with Crippen LogP contribution < -0.4 is 10.6 Å². The standard InChI is InChI=1S/C14H23ClN2O/c1-4-11(16)10-12-13(15)6-5-7-14(12)17(2)8-9-18-3/h5-7,11H,4,8-10,16H2,1-3H3. The zero-order chi connectivity index (χ0) is 13.5. The Morgan fingerprint density at radius 3 is 2.78 bits per heavy atom. The van der Waals surface area contributed by atoms with E-state index in [-0.39, 0.29) is 6.04 Å². The van der Waals surface area contributed by atoms with Crippen molar-refractivity contribution in [2.75, 3.05) is 32.2 Å². The topological polar surface area (TPSA) is 38.5 Å². The third-order valence-electron chi connectivity index (χ3n) is 3.13. The average Bonchev–Trinajstić information content (AvgIpc) is 2.38. The van der Waals surface area contributed by atoms with Gasteiger partial charge in [-0.2, -0.15) is 0 Å². The van der Waals surface area contributed by atoms with Gasteiger partial charge in [0, 0.05) is 37.5 Å². The molecule has 0 spiro atoms. The summed E-state index contributed by atoms with van der Waals surface area (Å²) in [5, 5.41) is 0.792. The highest BCUT2D eigenvalue weighted by Gasteiger charge is 2.13. The minimum Gasteiger partial charge on any atom is -0.383 e. The number of nitrogens with zero attached hydrogens (tertiary/aromatic N) is 1. The lowest BCUT2D eigenvalue weighted by Crippen LogP contribution is -2.26. The second-order valence-corrected chi connectivity index (χ2v) is 4.93. The van der Waals surface area contributed by atoms with E-state index in [4.69, 9.17) is 22.1 Å². The largest absolute Gasteiger partial charge is 0.383 e. The number of rotatable bonds is 7. The normalized spacial score (nSPS) is 12.5. The Morgan fingerprint density at radius 2 is 2.17 bits per heavy atom. The first-order valence-electron chi connectivity index (χ1n) is 6.33. The Morgan fingerprint density at radius 1 is 1.44 bits per heavy atom. The van der Waals surface area contributed by atoms with Crippen LogP contribution >= 0.6 is 11.6 Å². The molecule has 0 radical (unpaired) electrons. The van der Waals surface area contributed by atoms with Crippen molar-refractivity contribution in [3.63, 3.8) is 0 Å². The molecule has 1 aromatic carbocycles. The van der Waals surface area contributed by atoms with Crippen molar-refractivity contribution >= 4 is 17.3 Å². The van der Waals surface area contributed by atoms with Crippen LogP contribution in [0.1, 0.15) is 18.9 Å². The summed E-state index contributed by atoms with van der Waals surface area (Å²) in [6, 6.07) is 6.13. The molecular formula is C14H23ClN2O. The van der Waals surface area contributed by atoms with E-state index in [2.05, 4.69) is 17.9 Å². The van der Waals surface area contributed by atoms with Crippen molar-refractivity contribution in [1.29, 1.82) is 0 Å². The van der Waals surface area contributed by atoms with Crippen LogP contribution in [0.2, 0.25) is 5.02 Å². The number of halogens is 1. The van der Waals surface area contributed by atoms with Gasteiger partial charge in [0.05, 0.1) is 6.61 Å². The summed E-state index contributed by atoms with van der Waals surface area (Å²) in [5.74, 6) is 0. The number of hydrogen-bond donors (Lipinski definition) is 1. The average molecular weight is 271 g/mol. The Hall–Kier alpha value is -0.770.